The maximum atomic E-state index is 12.5. The first-order valence-corrected chi connectivity index (χ1v) is 10.1. The number of fused-ring (bicyclic) bond motifs is 1. The summed E-state index contributed by atoms with van der Waals surface area (Å²) in [5.41, 5.74) is 10.3. The summed E-state index contributed by atoms with van der Waals surface area (Å²) in [6, 6.07) is 14.1. The summed E-state index contributed by atoms with van der Waals surface area (Å²) in [5, 5.41) is 3.03. The number of nitrogens with zero attached hydrogens (tertiary/aromatic N) is 1. The van der Waals surface area contributed by atoms with Gasteiger partial charge in [0.25, 0.3) is 0 Å². The number of carbonyl (C=O) groups excluding carboxylic acids is 1. The highest BCUT2D eigenvalue weighted by Crippen LogP contribution is 2.26. The van der Waals surface area contributed by atoms with Crippen LogP contribution in [0, 0.1) is 5.92 Å². The Morgan fingerprint density at radius 3 is 2.69 bits per heavy atom. The molecule has 3 unspecified atom stereocenters. The number of benzene rings is 1. The molecule has 1 amide bonds. The van der Waals surface area contributed by atoms with Gasteiger partial charge in [-0.05, 0) is 37.0 Å². The second-order valence-corrected chi connectivity index (χ2v) is 7.37. The molecule has 3 atom stereocenters. The number of carbonyl (C=O) groups is 1. The van der Waals surface area contributed by atoms with Crippen LogP contribution in [0.2, 0.25) is 0 Å². The molecule has 0 bridgehead atoms. The predicted octanol–water partition coefficient (Wildman–Crippen LogP) is 1.31. The summed E-state index contributed by atoms with van der Waals surface area (Å²) in [5.74, 6) is 1.52. The van der Waals surface area contributed by atoms with E-state index in [4.69, 9.17) is 9.47 Å². The zero-order chi connectivity index (χ0) is 19.9. The molecule has 1 saturated heterocycles. The number of hydrazine groups is 2. The average Bonchev–Trinajstić information content (AvgIpc) is 3.24. The van der Waals surface area contributed by atoms with Crippen LogP contribution in [0.25, 0.3) is 0 Å². The first-order valence-electron chi connectivity index (χ1n) is 10.1. The van der Waals surface area contributed by atoms with Crippen LogP contribution >= 0.6 is 0 Å². The molecule has 1 aromatic carbocycles. The largest absolute Gasteiger partial charge is 0.490 e. The van der Waals surface area contributed by atoms with E-state index in [1.807, 2.05) is 42.5 Å². The van der Waals surface area contributed by atoms with Crippen molar-refractivity contribution in [2.24, 2.45) is 5.92 Å². The molecule has 8 heteroatoms. The molecule has 1 aliphatic carbocycles. The van der Waals surface area contributed by atoms with Gasteiger partial charge in [0.05, 0.1) is 0 Å². The normalized spacial score (nSPS) is 23.2. The summed E-state index contributed by atoms with van der Waals surface area (Å²) < 4.78 is 11.2. The van der Waals surface area contributed by atoms with E-state index in [-0.39, 0.29) is 11.8 Å². The molecule has 154 valence electrons. The lowest BCUT2D eigenvalue weighted by molar-refractivity contribution is -0.126. The van der Waals surface area contributed by atoms with Crippen LogP contribution < -0.4 is 31.2 Å². The van der Waals surface area contributed by atoms with Crippen LogP contribution in [0.1, 0.15) is 24.8 Å². The first-order chi connectivity index (χ1) is 14.3. The van der Waals surface area contributed by atoms with E-state index < -0.39 is 0 Å². The Balaban J connectivity index is 1.16. The molecule has 29 heavy (non-hydrogen) atoms. The van der Waals surface area contributed by atoms with Crippen molar-refractivity contribution in [1.82, 2.24) is 26.7 Å². The fraction of sp³-hybridized carbons (Fsp3) is 0.429. The Hall–Kier alpha value is -2.68. The van der Waals surface area contributed by atoms with Crippen molar-refractivity contribution in [2.45, 2.75) is 37.9 Å². The minimum atomic E-state index is 0.0469. The third-order valence-electron chi connectivity index (χ3n) is 5.35. The van der Waals surface area contributed by atoms with E-state index in [0.717, 1.165) is 30.6 Å². The smallest absolute Gasteiger partial charge is 0.223 e. The second-order valence-electron chi connectivity index (χ2n) is 7.37. The van der Waals surface area contributed by atoms with Gasteiger partial charge >= 0.3 is 0 Å². The van der Waals surface area contributed by atoms with Crippen LogP contribution in [-0.2, 0) is 11.3 Å². The van der Waals surface area contributed by atoms with Crippen molar-refractivity contribution in [1.29, 1.82) is 0 Å². The Morgan fingerprint density at radius 2 is 1.86 bits per heavy atom. The van der Waals surface area contributed by atoms with Crippen molar-refractivity contribution in [2.75, 3.05) is 13.2 Å². The fourth-order valence-electron chi connectivity index (χ4n) is 3.72. The van der Waals surface area contributed by atoms with Gasteiger partial charge in [0.1, 0.15) is 19.0 Å². The number of aromatic nitrogens is 1. The highest BCUT2D eigenvalue weighted by molar-refractivity contribution is 5.78. The highest BCUT2D eigenvalue weighted by atomic mass is 16.5. The number of rotatable bonds is 8. The average molecular weight is 397 g/mol. The zero-order valence-corrected chi connectivity index (χ0v) is 16.3. The third-order valence-corrected chi connectivity index (χ3v) is 5.35. The van der Waals surface area contributed by atoms with Gasteiger partial charge in [-0.25, -0.2) is 15.8 Å². The van der Waals surface area contributed by atoms with Gasteiger partial charge in [0.2, 0.25) is 11.8 Å². The molecule has 4 N–H and O–H groups in total. The summed E-state index contributed by atoms with van der Waals surface area (Å²) in [4.78, 5) is 16.8. The highest BCUT2D eigenvalue weighted by Gasteiger charge is 2.36. The number of hydrogen-bond acceptors (Lipinski definition) is 7. The lowest BCUT2D eigenvalue weighted by atomic mass is 9.82. The summed E-state index contributed by atoms with van der Waals surface area (Å²) in [6.07, 6.45) is 4.47. The van der Waals surface area contributed by atoms with Gasteiger partial charge in [-0.15, -0.1) is 0 Å². The van der Waals surface area contributed by atoms with Crippen LogP contribution in [-0.4, -0.2) is 36.2 Å². The summed E-state index contributed by atoms with van der Waals surface area (Å²) in [7, 11) is 0. The molecular weight excluding hydrogens is 370 g/mol. The molecule has 4 rings (SSSR count). The number of nitrogens with one attached hydrogen (secondary N) is 4. The molecule has 2 aliphatic rings. The zero-order valence-electron chi connectivity index (χ0n) is 16.3. The van der Waals surface area contributed by atoms with E-state index in [0.29, 0.717) is 37.7 Å². The van der Waals surface area contributed by atoms with Gasteiger partial charge < -0.3 is 14.8 Å². The van der Waals surface area contributed by atoms with Crippen LogP contribution in [0.3, 0.4) is 0 Å². The maximum absolute atomic E-state index is 12.5. The summed E-state index contributed by atoms with van der Waals surface area (Å²) in [6.45, 7) is 1.34. The van der Waals surface area contributed by atoms with Crippen molar-refractivity contribution >= 4 is 5.91 Å². The predicted molar refractivity (Wildman–Crippen MR) is 108 cm³/mol. The molecule has 1 aliphatic heterocycles. The molecule has 2 heterocycles. The third kappa shape index (κ3) is 5.44. The van der Waals surface area contributed by atoms with Gasteiger partial charge in [0, 0.05) is 36.8 Å². The van der Waals surface area contributed by atoms with E-state index in [2.05, 4.69) is 26.7 Å². The van der Waals surface area contributed by atoms with E-state index in [9.17, 15) is 4.79 Å². The topological polar surface area (TPSA) is 96.5 Å². The molecule has 0 spiro atoms. The number of hydrogen-bond donors (Lipinski definition) is 4. The minimum Gasteiger partial charge on any atom is -0.490 e. The number of amides is 1. The van der Waals surface area contributed by atoms with Crippen molar-refractivity contribution in [3.63, 3.8) is 0 Å². The molecule has 1 saturated carbocycles. The van der Waals surface area contributed by atoms with Gasteiger partial charge in [-0.1, -0.05) is 24.3 Å². The van der Waals surface area contributed by atoms with Crippen LogP contribution in [0.15, 0.2) is 48.7 Å². The fourth-order valence-corrected chi connectivity index (χ4v) is 3.72. The van der Waals surface area contributed by atoms with Crippen molar-refractivity contribution < 1.29 is 14.3 Å². The second kappa shape index (κ2) is 9.69. The van der Waals surface area contributed by atoms with Crippen molar-refractivity contribution in [3.8, 4) is 11.6 Å². The molecule has 1 aromatic heterocycles. The molecule has 0 radical (unpaired) electrons. The quantitative estimate of drug-likeness (QED) is 0.499. The van der Waals surface area contributed by atoms with E-state index in [1.54, 1.807) is 6.20 Å². The molecule has 2 aromatic rings. The monoisotopic (exact) mass is 397 g/mol. The number of ether oxygens (including phenoxy) is 2. The van der Waals surface area contributed by atoms with Gasteiger partial charge in [-0.3, -0.25) is 4.79 Å². The standard InChI is InChI=1S/C21H27N5O3/c27-21(16-7-8-18-19(12-16)25-26-24-18)23-14-15-6-9-20(22-13-15)29-11-10-28-17-4-2-1-3-5-17/h1-6,9,13,16,18-19,24-26H,7-8,10-12,14H2,(H,23,27). The van der Waals surface area contributed by atoms with E-state index in [1.165, 1.54) is 0 Å². The summed E-state index contributed by atoms with van der Waals surface area (Å²) >= 11 is 0. The SMILES string of the molecule is O=C(NCc1ccc(OCCOc2ccccc2)nc1)C1CCC2NNNC2C1. The van der Waals surface area contributed by atoms with Crippen LogP contribution in [0.5, 0.6) is 11.6 Å². The number of para-hydroxylation sites is 1. The van der Waals surface area contributed by atoms with Crippen molar-refractivity contribution in [3.05, 3.63) is 54.2 Å². The molecule has 2 fully saturated rings. The Labute approximate surface area is 170 Å². The van der Waals surface area contributed by atoms with Gasteiger partial charge in [0.15, 0.2) is 0 Å². The van der Waals surface area contributed by atoms with E-state index >= 15 is 0 Å². The Morgan fingerprint density at radius 1 is 1.03 bits per heavy atom. The Kier molecular flexibility index (Phi) is 6.56. The minimum absolute atomic E-state index is 0.0469. The number of pyridine rings is 1. The maximum Gasteiger partial charge on any atom is 0.223 e. The van der Waals surface area contributed by atoms with Crippen LogP contribution in [0.4, 0.5) is 0 Å². The lowest BCUT2D eigenvalue weighted by Gasteiger charge is -2.29. The Bertz CT molecular complexity index is 787. The molecule has 8 nitrogen and oxygen atoms in total. The molecular formula is C21H27N5O3. The first kappa shape index (κ1) is 19.6. The van der Waals surface area contributed by atoms with Gasteiger partial charge in [-0.2, -0.15) is 5.53 Å². The lowest BCUT2D eigenvalue weighted by Crippen LogP contribution is -2.44.